The minimum absolute atomic E-state index is 0.0314. The van der Waals surface area contributed by atoms with E-state index in [4.69, 9.17) is 10.5 Å². The number of hydrogen-bond donors (Lipinski definition) is 8. The molecule has 1 saturated heterocycles. The highest BCUT2D eigenvalue weighted by Crippen LogP contribution is 2.34. The topological polar surface area (TPSA) is 232 Å². The van der Waals surface area contributed by atoms with Gasteiger partial charge in [-0.2, -0.15) is 15.3 Å². The smallest absolute Gasteiger partial charge is 0.280 e. The van der Waals surface area contributed by atoms with Crippen LogP contribution in [0, 0.1) is 5.21 Å². The third-order valence-electron chi connectivity index (χ3n) is 4.94. The SMILES string of the molecule is Nc1nc2c(nc(N/N=C\c3ccc(Br)c([NH+]([O-])O)c3)n2[C@@H]2O[C@@H](CO)[C@@H](O)[C@H]2O)c(=O)[nH]1. The molecule has 2 aromatic heterocycles. The molecule has 0 spiro atoms. The van der Waals surface area contributed by atoms with E-state index in [-0.39, 0.29) is 28.7 Å². The maximum atomic E-state index is 12.3. The quantitative estimate of drug-likeness (QED) is 0.128. The van der Waals surface area contributed by atoms with Crippen molar-refractivity contribution in [3.8, 4) is 0 Å². The van der Waals surface area contributed by atoms with Gasteiger partial charge in [-0.15, -0.1) is 0 Å². The van der Waals surface area contributed by atoms with E-state index in [1.54, 1.807) is 12.1 Å². The van der Waals surface area contributed by atoms with Crippen LogP contribution in [-0.4, -0.2) is 71.2 Å². The Labute approximate surface area is 192 Å². The number of ether oxygens (including phenoxy) is 1. The van der Waals surface area contributed by atoms with Crippen molar-refractivity contribution in [2.24, 2.45) is 5.10 Å². The first-order valence-corrected chi connectivity index (χ1v) is 10.2. The molecular weight excluding hydrogens is 508 g/mol. The van der Waals surface area contributed by atoms with Gasteiger partial charge < -0.3 is 31.0 Å². The summed E-state index contributed by atoms with van der Waals surface area (Å²) in [5, 5.41) is 53.4. The fraction of sp³-hybridized carbons (Fsp3) is 0.294. The zero-order valence-corrected chi connectivity index (χ0v) is 18.2. The predicted octanol–water partition coefficient (Wildman–Crippen LogP) is -2.07. The van der Waals surface area contributed by atoms with Gasteiger partial charge in [0, 0.05) is 11.6 Å². The molecule has 4 rings (SSSR count). The van der Waals surface area contributed by atoms with Gasteiger partial charge in [0.1, 0.15) is 18.3 Å². The molecular formula is C17H19BrN8O7. The number of nitrogens with zero attached hydrogens (tertiary/aromatic N) is 4. The molecule has 0 saturated carbocycles. The number of aliphatic hydroxyl groups is 3. The second kappa shape index (κ2) is 9.12. The normalized spacial score (nSPS) is 24.1. The number of nitrogen functional groups attached to an aromatic ring is 1. The average molecular weight is 527 g/mol. The fourth-order valence-electron chi connectivity index (χ4n) is 3.37. The minimum Gasteiger partial charge on any atom is -0.595 e. The molecule has 33 heavy (non-hydrogen) atoms. The number of aromatic nitrogens is 4. The highest BCUT2D eigenvalue weighted by Gasteiger charge is 2.45. The molecule has 1 unspecified atom stereocenters. The van der Waals surface area contributed by atoms with Crippen LogP contribution in [0.2, 0.25) is 0 Å². The van der Waals surface area contributed by atoms with Crippen molar-refractivity contribution >= 4 is 50.9 Å². The van der Waals surface area contributed by atoms with Crippen molar-refractivity contribution in [3.05, 3.63) is 43.8 Å². The summed E-state index contributed by atoms with van der Waals surface area (Å²) >= 11 is 3.16. The molecule has 9 N–H and O–H groups in total. The number of hydrogen-bond acceptors (Lipinski definition) is 12. The van der Waals surface area contributed by atoms with Crippen LogP contribution >= 0.6 is 15.9 Å². The largest absolute Gasteiger partial charge is 0.595 e. The molecule has 1 aliphatic rings. The summed E-state index contributed by atoms with van der Waals surface area (Å²) in [5.74, 6) is -0.304. The van der Waals surface area contributed by atoms with Gasteiger partial charge in [-0.1, -0.05) is 6.07 Å². The van der Waals surface area contributed by atoms with Crippen LogP contribution in [0.25, 0.3) is 11.2 Å². The van der Waals surface area contributed by atoms with Crippen LogP contribution in [0.4, 0.5) is 17.6 Å². The predicted molar refractivity (Wildman–Crippen MR) is 117 cm³/mol. The zero-order chi connectivity index (χ0) is 23.9. The highest BCUT2D eigenvalue weighted by atomic mass is 79.9. The van der Waals surface area contributed by atoms with Crippen LogP contribution < -0.4 is 21.9 Å². The Morgan fingerprint density at radius 3 is 2.82 bits per heavy atom. The highest BCUT2D eigenvalue weighted by molar-refractivity contribution is 9.10. The first-order chi connectivity index (χ1) is 15.7. The Morgan fingerprint density at radius 2 is 2.15 bits per heavy atom. The number of hydrazone groups is 1. The number of aromatic amines is 1. The summed E-state index contributed by atoms with van der Waals surface area (Å²) in [6, 6.07) is 4.55. The maximum absolute atomic E-state index is 12.3. The zero-order valence-electron chi connectivity index (χ0n) is 16.6. The Morgan fingerprint density at radius 1 is 1.39 bits per heavy atom. The number of nitrogens with one attached hydrogen (secondary N) is 3. The van der Waals surface area contributed by atoms with Gasteiger partial charge in [-0.3, -0.25) is 14.3 Å². The Hall–Kier alpha value is -2.96. The molecule has 1 fully saturated rings. The van der Waals surface area contributed by atoms with E-state index in [2.05, 4.69) is 41.4 Å². The molecule has 5 atom stereocenters. The summed E-state index contributed by atoms with van der Waals surface area (Å²) in [6.07, 6.45) is -3.96. The molecule has 3 aromatic rings. The monoisotopic (exact) mass is 526 g/mol. The molecule has 15 nitrogen and oxygen atoms in total. The van der Waals surface area contributed by atoms with Crippen molar-refractivity contribution in [2.75, 3.05) is 17.8 Å². The summed E-state index contributed by atoms with van der Waals surface area (Å²) < 4.78 is 7.13. The number of aliphatic hydroxyl groups excluding tert-OH is 3. The van der Waals surface area contributed by atoms with Crippen LogP contribution in [0.5, 0.6) is 0 Å². The fourth-order valence-corrected chi connectivity index (χ4v) is 3.78. The van der Waals surface area contributed by atoms with Crippen molar-refractivity contribution < 1.29 is 30.5 Å². The van der Waals surface area contributed by atoms with Crippen LogP contribution in [0.15, 0.2) is 32.6 Å². The molecule has 16 heteroatoms. The molecule has 0 bridgehead atoms. The maximum Gasteiger partial charge on any atom is 0.280 e. The van der Waals surface area contributed by atoms with Crippen molar-refractivity contribution in [2.45, 2.75) is 24.5 Å². The Balaban J connectivity index is 1.73. The summed E-state index contributed by atoms with van der Waals surface area (Å²) in [5.41, 5.74) is 7.86. The van der Waals surface area contributed by atoms with E-state index < -0.39 is 41.9 Å². The number of quaternary nitrogens is 1. The number of rotatable bonds is 6. The lowest BCUT2D eigenvalue weighted by atomic mass is 10.1. The number of H-pyrrole nitrogens is 1. The standard InChI is InChI=1S/C17H19BrN8O7/c18-7-2-1-6(3-8(7)26(31)32)4-20-24-17-21-10-13(22-16(19)23-14(10)30)25(17)15-12(29)11(28)9(5-27)33-15/h1-4,9,11-12,15,26-29,31H,5H2,(H,21,24)(H3,19,22,23,30)/b20-4-/t9-,11+,12+,15+/m0/s1. The molecule has 3 heterocycles. The number of anilines is 2. The molecule has 176 valence electrons. The van der Waals surface area contributed by atoms with E-state index in [9.17, 15) is 30.5 Å². The number of imidazole rings is 1. The van der Waals surface area contributed by atoms with Crippen molar-refractivity contribution in [1.82, 2.24) is 19.5 Å². The third-order valence-corrected chi connectivity index (χ3v) is 5.63. The summed E-state index contributed by atoms with van der Waals surface area (Å²) in [6.45, 7) is -0.562. The van der Waals surface area contributed by atoms with Gasteiger partial charge in [0.2, 0.25) is 11.9 Å². The van der Waals surface area contributed by atoms with Crippen molar-refractivity contribution in [3.63, 3.8) is 0 Å². The van der Waals surface area contributed by atoms with Crippen LogP contribution in [0.3, 0.4) is 0 Å². The Kier molecular flexibility index (Phi) is 6.41. The number of halogens is 1. The lowest BCUT2D eigenvalue weighted by Crippen LogP contribution is -2.99. The second-order valence-electron chi connectivity index (χ2n) is 7.07. The molecule has 0 radical (unpaired) electrons. The van der Waals surface area contributed by atoms with Gasteiger partial charge in [0.25, 0.3) is 5.56 Å². The third kappa shape index (κ3) is 4.33. The first-order valence-electron chi connectivity index (χ1n) is 9.43. The van der Waals surface area contributed by atoms with Gasteiger partial charge in [0.15, 0.2) is 23.1 Å². The lowest BCUT2D eigenvalue weighted by Gasteiger charge is -2.18. The molecule has 0 amide bonds. The van der Waals surface area contributed by atoms with Crippen LogP contribution in [0.1, 0.15) is 11.8 Å². The summed E-state index contributed by atoms with van der Waals surface area (Å²) in [7, 11) is 0. The van der Waals surface area contributed by atoms with Gasteiger partial charge in [-0.25, -0.2) is 15.6 Å². The summed E-state index contributed by atoms with van der Waals surface area (Å²) in [4.78, 5) is 22.8. The molecule has 0 aliphatic carbocycles. The minimum atomic E-state index is -1.49. The van der Waals surface area contributed by atoms with E-state index in [1.807, 2.05) is 0 Å². The van der Waals surface area contributed by atoms with E-state index in [0.717, 1.165) is 0 Å². The van der Waals surface area contributed by atoms with E-state index >= 15 is 0 Å². The number of nitrogens with two attached hydrogens (primary N) is 1. The average Bonchev–Trinajstić information content (AvgIpc) is 3.26. The molecule has 1 aliphatic heterocycles. The number of benzene rings is 1. The lowest BCUT2D eigenvalue weighted by molar-refractivity contribution is -0.991. The molecule has 1 aromatic carbocycles. The van der Waals surface area contributed by atoms with Gasteiger partial charge in [0.05, 0.1) is 17.3 Å². The van der Waals surface area contributed by atoms with Gasteiger partial charge >= 0.3 is 0 Å². The van der Waals surface area contributed by atoms with E-state index in [1.165, 1.54) is 16.8 Å². The van der Waals surface area contributed by atoms with Crippen molar-refractivity contribution in [1.29, 1.82) is 0 Å². The first kappa shape index (κ1) is 23.2. The number of fused-ring (bicyclic) bond motifs is 1. The van der Waals surface area contributed by atoms with Gasteiger partial charge in [-0.05, 0) is 22.0 Å². The second-order valence-corrected chi connectivity index (χ2v) is 7.93. The Bertz CT molecular complexity index is 1260. The van der Waals surface area contributed by atoms with E-state index in [0.29, 0.717) is 10.0 Å². The van der Waals surface area contributed by atoms with Crippen LogP contribution in [-0.2, 0) is 4.74 Å².